The standard InChI is InChI=1S/C8H7BrO2/c1-11-7-3-2-6(5-10)8(9)4-7/h2-5H,1H3. The number of halogens is 1. The number of benzene rings is 1. The lowest BCUT2D eigenvalue weighted by molar-refractivity contribution is 0.112. The predicted molar refractivity (Wildman–Crippen MR) is 46.1 cm³/mol. The van der Waals surface area contributed by atoms with Crippen molar-refractivity contribution in [1.29, 1.82) is 0 Å². The van der Waals surface area contributed by atoms with Gasteiger partial charge >= 0.3 is 0 Å². The van der Waals surface area contributed by atoms with Crippen LogP contribution in [0.4, 0.5) is 0 Å². The van der Waals surface area contributed by atoms with E-state index in [-0.39, 0.29) is 0 Å². The van der Waals surface area contributed by atoms with E-state index in [1.54, 1.807) is 25.3 Å². The molecule has 0 bridgehead atoms. The molecule has 0 amide bonds. The van der Waals surface area contributed by atoms with Gasteiger partial charge in [0.2, 0.25) is 0 Å². The fourth-order valence-corrected chi connectivity index (χ4v) is 1.18. The molecule has 1 aromatic rings. The van der Waals surface area contributed by atoms with Crippen LogP contribution in [-0.4, -0.2) is 13.4 Å². The van der Waals surface area contributed by atoms with Crippen molar-refractivity contribution >= 4 is 22.2 Å². The summed E-state index contributed by atoms with van der Waals surface area (Å²) in [5.41, 5.74) is 0.630. The molecular formula is C8H7BrO2. The van der Waals surface area contributed by atoms with E-state index in [4.69, 9.17) is 4.74 Å². The quantitative estimate of drug-likeness (QED) is 0.707. The first-order valence-electron chi connectivity index (χ1n) is 3.06. The molecule has 11 heavy (non-hydrogen) atoms. The molecule has 0 unspecified atom stereocenters. The van der Waals surface area contributed by atoms with Crippen LogP contribution in [0, 0.1) is 0 Å². The van der Waals surface area contributed by atoms with Crippen molar-refractivity contribution in [2.24, 2.45) is 0 Å². The third-order valence-electron chi connectivity index (χ3n) is 1.33. The van der Waals surface area contributed by atoms with Crippen LogP contribution in [0.3, 0.4) is 0 Å². The maximum Gasteiger partial charge on any atom is 0.151 e. The molecule has 0 radical (unpaired) electrons. The Morgan fingerprint density at radius 2 is 2.27 bits per heavy atom. The Balaban J connectivity index is 3.09. The molecule has 0 aliphatic carbocycles. The van der Waals surface area contributed by atoms with E-state index in [9.17, 15) is 4.79 Å². The molecule has 0 heterocycles. The lowest BCUT2D eigenvalue weighted by atomic mass is 10.2. The van der Waals surface area contributed by atoms with Crippen LogP contribution in [0.1, 0.15) is 10.4 Å². The molecule has 1 rings (SSSR count). The summed E-state index contributed by atoms with van der Waals surface area (Å²) in [5, 5.41) is 0. The van der Waals surface area contributed by atoms with Crippen molar-refractivity contribution in [3.8, 4) is 5.75 Å². The number of rotatable bonds is 2. The molecule has 2 nitrogen and oxygen atoms in total. The Hall–Kier alpha value is -0.830. The van der Waals surface area contributed by atoms with Gasteiger partial charge in [0.05, 0.1) is 7.11 Å². The first-order chi connectivity index (χ1) is 5.27. The normalized spacial score (nSPS) is 9.27. The van der Waals surface area contributed by atoms with Crippen LogP contribution in [-0.2, 0) is 0 Å². The topological polar surface area (TPSA) is 26.3 Å². The highest BCUT2D eigenvalue weighted by Crippen LogP contribution is 2.21. The van der Waals surface area contributed by atoms with Crippen molar-refractivity contribution < 1.29 is 9.53 Å². The molecule has 0 saturated carbocycles. The van der Waals surface area contributed by atoms with Gasteiger partial charge in [-0.1, -0.05) is 0 Å². The van der Waals surface area contributed by atoms with E-state index in [2.05, 4.69) is 15.9 Å². The van der Waals surface area contributed by atoms with Crippen LogP contribution < -0.4 is 4.74 Å². The summed E-state index contributed by atoms with van der Waals surface area (Å²) in [7, 11) is 1.59. The zero-order valence-corrected chi connectivity index (χ0v) is 7.59. The van der Waals surface area contributed by atoms with Crippen molar-refractivity contribution in [1.82, 2.24) is 0 Å². The van der Waals surface area contributed by atoms with Gasteiger partial charge in [-0.05, 0) is 34.1 Å². The van der Waals surface area contributed by atoms with Gasteiger partial charge in [0.1, 0.15) is 5.75 Å². The third-order valence-corrected chi connectivity index (χ3v) is 2.02. The van der Waals surface area contributed by atoms with Crippen molar-refractivity contribution in [3.05, 3.63) is 28.2 Å². The highest BCUT2D eigenvalue weighted by atomic mass is 79.9. The first kappa shape index (κ1) is 8.27. The number of carbonyl (C=O) groups excluding carboxylic acids is 1. The second-order valence-electron chi connectivity index (χ2n) is 2.01. The fourth-order valence-electron chi connectivity index (χ4n) is 0.730. The van der Waals surface area contributed by atoms with Crippen LogP contribution in [0.5, 0.6) is 5.75 Å². The summed E-state index contributed by atoms with van der Waals surface area (Å²) in [6.45, 7) is 0. The second-order valence-corrected chi connectivity index (χ2v) is 2.86. The molecule has 0 aliphatic rings. The zero-order valence-electron chi connectivity index (χ0n) is 6.00. The van der Waals surface area contributed by atoms with E-state index < -0.39 is 0 Å². The van der Waals surface area contributed by atoms with Gasteiger partial charge in [-0.15, -0.1) is 0 Å². The van der Waals surface area contributed by atoms with Gasteiger partial charge in [0.25, 0.3) is 0 Å². The molecule has 0 aromatic heterocycles. The van der Waals surface area contributed by atoms with E-state index in [1.165, 1.54) is 0 Å². The first-order valence-corrected chi connectivity index (χ1v) is 3.86. The van der Waals surface area contributed by atoms with E-state index in [0.717, 1.165) is 16.5 Å². The summed E-state index contributed by atoms with van der Waals surface area (Å²) in [5.74, 6) is 0.738. The molecule has 1 aromatic carbocycles. The van der Waals surface area contributed by atoms with Crippen molar-refractivity contribution in [2.75, 3.05) is 7.11 Å². The highest BCUT2D eigenvalue weighted by molar-refractivity contribution is 9.10. The predicted octanol–water partition coefficient (Wildman–Crippen LogP) is 2.27. The molecule has 0 saturated heterocycles. The van der Waals surface area contributed by atoms with Gasteiger partial charge in [0, 0.05) is 10.0 Å². The van der Waals surface area contributed by atoms with Gasteiger partial charge in [-0.3, -0.25) is 4.79 Å². The number of ether oxygens (including phenoxy) is 1. The summed E-state index contributed by atoms with van der Waals surface area (Å²) in [6.07, 6.45) is 0.795. The molecule has 0 spiro atoms. The zero-order chi connectivity index (χ0) is 8.27. The number of hydrogen-bond donors (Lipinski definition) is 0. The van der Waals surface area contributed by atoms with E-state index >= 15 is 0 Å². The Bertz CT molecular complexity index is 271. The third kappa shape index (κ3) is 1.80. The largest absolute Gasteiger partial charge is 0.497 e. The minimum Gasteiger partial charge on any atom is -0.497 e. The molecule has 0 atom stereocenters. The molecule has 0 fully saturated rings. The van der Waals surface area contributed by atoms with E-state index in [0.29, 0.717) is 5.56 Å². The monoisotopic (exact) mass is 214 g/mol. The Morgan fingerprint density at radius 1 is 1.55 bits per heavy atom. The lowest BCUT2D eigenvalue weighted by Crippen LogP contribution is -1.85. The molecule has 0 aliphatic heterocycles. The van der Waals surface area contributed by atoms with Crippen molar-refractivity contribution in [2.45, 2.75) is 0 Å². The maximum atomic E-state index is 10.4. The molecule has 58 valence electrons. The smallest absolute Gasteiger partial charge is 0.151 e. The lowest BCUT2D eigenvalue weighted by Gasteiger charge is -2.00. The Morgan fingerprint density at radius 3 is 2.73 bits per heavy atom. The van der Waals surface area contributed by atoms with Gasteiger partial charge in [0.15, 0.2) is 6.29 Å². The minimum atomic E-state index is 0.630. The molecule has 0 N–H and O–H groups in total. The second kappa shape index (κ2) is 3.53. The Labute approximate surface area is 73.3 Å². The number of aldehydes is 1. The van der Waals surface area contributed by atoms with Gasteiger partial charge in [-0.25, -0.2) is 0 Å². The SMILES string of the molecule is COc1ccc(C=O)c(Br)c1. The molecule has 3 heteroatoms. The summed E-state index contributed by atoms with van der Waals surface area (Å²) >= 11 is 3.24. The number of methoxy groups -OCH3 is 1. The summed E-state index contributed by atoms with van der Waals surface area (Å²) in [6, 6.07) is 5.20. The average molecular weight is 215 g/mol. The van der Waals surface area contributed by atoms with E-state index in [1.807, 2.05) is 0 Å². The fraction of sp³-hybridized carbons (Fsp3) is 0.125. The van der Waals surface area contributed by atoms with Crippen LogP contribution >= 0.6 is 15.9 Å². The Kier molecular flexibility index (Phi) is 2.65. The number of carbonyl (C=O) groups is 1. The van der Waals surface area contributed by atoms with Crippen molar-refractivity contribution in [3.63, 3.8) is 0 Å². The minimum absolute atomic E-state index is 0.630. The van der Waals surface area contributed by atoms with Gasteiger partial charge < -0.3 is 4.74 Å². The summed E-state index contributed by atoms with van der Waals surface area (Å²) in [4.78, 5) is 10.4. The highest BCUT2D eigenvalue weighted by Gasteiger charge is 1.98. The molecular weight excluding hydrogens is 208 g/mol. The average Bonchev–Trinajstić information content (AvgIpc) is 2.04. The van der Waals surface area contributed by atoms with Crippen LogP contribution in [0.2, 0.25) is 0 Å². The van der Waals surface area contributed by atoms with Crippen LogP contribution in [0.15, 0.2) is 22.7 Å². The maximum absolute atomic E-state index is 10.4. The van der Waals surface area contributed by atoms with Crippen LogP contribution in [0.25, 0.3) is 0 Å². The number of hydrogen-bond acceptors (Lipinski definition) is 2. The van der Waals surface area contributed by atoms with Gasteiger partial charge in [-0.2, -0.15) is 0 Å². The summed E-state index contributed by atoms with van der Waals surface area (Å²) < 4.78 is 5.70.